The molecule has 1 aliphatic heterocycles. The van der Waals surface area contributed by atoms with E-state index in [0.717, 1.165) is 25.1 Å². The largest absolute Gasteiger partial charge is 0.486 e. The highest BCUT2D eigenvalue weighted by Crippen LogP contribution is 2.28. The third kappa shape index (κ3) is 2.86. The lowest BCUT2D eigenvalue weighted by molar-refractivity contribution is -0.109. The highest BCUT2D eigenvalue weighted by Gasteiger charge is 2.23. The predicted molar refractivity (Wildman–Crippen MR) is 84.4 cm³/mol. The molecule has 0 aromatic heterocycles. The number of aryl methyl sites for hydroxylation is 1. The number of carbonyl (C=O) groups excluding carboxylic acids is 2. The maximum Gasteiger partial charge on any atom is 0.258 e. The molecule has 1 heterocycles. The summed E-state index contributed by atoms with van der Waals surface area (Å²) < 4.78 is 5.26. The van der Waals surface area contributed by atoms with Gasteiger partial charge in [-0.15, -0.1) is 0 Å². The van der Waals surface area contributed by atoms with Gasteiger partial charge in [0, 0.05) is 17.8 Å². The summed E-state index contributed by atoms with van der Waals surface area (Å²) in [4.78, 5) is 25.0. The Morgan fingerprint density at radius 3 is 2.91 bits per heavy atom. The third-order valence-corrected chi connectivity index (χ3v) is 3.75. The van der Waals surface area contributed by atoms with Gasteiger partial charge in [0.1, 0.15) is 12.4 Å². The zero-order valence-electron chi connectivity index (χ0n) is 12.2. The van der Waals surface area contributed by atoms with Gasteiger partial charge in [-0.2, -0.15) is 0 Å². The molecule has 0 N–H and O–H groups in total. The van der Waals surface area contributed by atoms with Crippen molar-refractivity contribution in [3.8, 4) is 5.75 Å². The molecule has 0 bridgehead atoms. The summed E-state index contributed by atoms with van der Waals surface area (Å²) >= 11 is 0. The summed E-state index contributed by atoms with van der Waals surface area (Å²) in [6, 6.07) is 15.0. The second-order valence-electron chi connectivity index (χ2n) is 5.19. The van der Waals surface area contributed by atoms with Crippen LogP contribution in [0.2, 0.25) is 0 Å². The van der Waals surface area contributed by atoms with Gasteiger partial charge in [-0.05, 0) is 42.7 Å². The van der Waals surface area contributed by atoms with E-state index in [1.807, 2.05) is 23.1 Å². The van der Waals surface area contributed by atoms with Crippen LogP contribution in [-0.4, -0.2) is 25.3 Å². The maximum absolute atomic E-state index is 12.8. The fraction of sp³-hybridized carbons (Fsp3) is 0.222. The smallest absolute Gasteiger partial charge is 0.258 e. The molecule has 0 saturated carbocycles. The van der Waals surface area contributed by atoms with Crippen LogP contribution < -0.4 is 9.64 Å². The zero-order chi connectivity index (χ0) is 15.4. The third-order valence-electron chi connectivity index (χ3n) is 3.75. The topological polar surface area (TPSA) is 46.6 Å². The number of fused-ring (bicyclic) bond motifs is 1. The minimum Gasteiger partial charge on any atom is -0.486 e. The maximum atomic E-state index is 12.8. The van der Waals surface area contributed by atoms with E-state index in [1.54, 1.807) is 24.3 Å². The molecule has 4 nitrogen and oxygen atoms in total. The number of nitrogens with zero attached hydrogens (tertiary/aromatic N) is 1. The van der Waals surface area contributed by atoms with Crippen molar-refractivity contribution in [1.82, 2.24) is 0 Å². The molecule has 2 aromatic carbocycles. The van der Waals surface area contributed by atoms with Crippen LogP contribution in [0.25, 0.3) is 0 Å². The molecule has 22 heavy (non-hydrogen) atoms. The average molecular weight is 295 g/mol. The number of hydrogen-bond acceptors (Lipinski definition) is 3. The number of para-hydroxylation sites is 1. The number of anilines is 1. The molecular weight excluding hydrogens is 278 g/mol. The van der Waals surface area contributed by atoms with Crippen molar-refractivity contribution in [2.24, 2.45) is 0 Å². The van der Waals surface area contributed by atoms with Gasteiger partial charge >= 0.3 is 0 Å². The summed E-state index contributed by atoms with van der Waals surface area (Å²) in [5, 5.41) is 0. The number of hydrogen-bond donors (Lipinski definition) is 0. The Morgan fingerprint density at radius 2 is 2.05 bits per heavy atom. The van der Waals surface area contributed by atoms with Crippen molar-refractivity contribution in [1.29, 1.82) is 0 Å². The standard InChI is InChI=1S/C18H17NO3/c20-11-12-22-16-8-3-6-15(13-16)18(21)19-10-4-7-14-5-1-2-9-17(14)19/h1-3,5-6,8-9,11,13H,4,7,10,12H2. The van der Waals surface area contributed by atoms with E-state index in [1.165, 1.54) is 5.56 Å². The summed E-state index contributed by atoms with van der Waals surface area (Å²) in [6.45, 7) is 0.708. The lowest BCUT2D eigenvalue weighted by Crippen LogP contribution is -2.35. The van der Waals surface area contributed by atoms with Gasteiger partial charge in [-0.3, -0.25) is 9.59 Å². The molecule has 0 aliphatic carbocycles. The number of carbonyl (C=O) groups is 2. The molecule has 0 spiro atoms. The molecule has 0 atom stereocenters. The number of aldehydes is 1. The van der Waals surface area contributed by atoms with Crippen LogP contribution in [0.3, 0.4) is 0 Å². The molecular formula is C18H17NO3. The van der Waals surface area contributed by atoms with E-state index < -0.39 is 0 Å². The first-order chi connectivity index (χ1) is 10.8. The molecule has 112 valence electrons. The zero-order valence-corrected chi connectivity index (χ0v) is 12.2. The van der Waals surface area contributed by atoms with E-state index in [9.17, 15) is 9.59 Å². The van der Waals surface area contributed by atoms with Crippen LogP contribution in [0, 0.1) is 0 Å². The molecule has 0 saturated heterocycles. The number of rotatable bonds is 4. The lowest BCUT2D eigenvalue weighted by atomic mass is 10.0. The first kappa shape index (κ1) is 14.3. The Labute approximate surface area is 129 Å². The average Bonchev–Trinajstić information content (AvgIpc) is 2.59. The molecule has 4 heteroatoms. The van der Waals surface area contributed by atoms with E-state index in [2.05, 4.69) is 6.07 Å². The molecule has 1 amide bonds. The highest BCUT2D eigenvalue weighted by molar-refractivity contribution is 6.07. The van der Waals surface area contributed by atoms with Crippen LogP contribution in [0.15, 0.2) is 48.5 Å². The van der Waals surface area contributed by atoms with Gasteiger partial charge in [-0.1, -0.05) is 24.3 Å². The Hall–Kier alpha value is -2.62. The lowest BCUT2D eigenvalue weighted by Gasteiger charge is -2.29. The van der Waals surface area contributed by atoms with E-state index in [-0.39, 0.29) is 12.5 Å². The van der Waals surface area contributed by atoms with Crippen molar-refractivity contribution >= 4 is 17.9 Å². The number of amides is 1. The molecule has 0 unspecified atom stereocenters. The Morgan fingerprint density at radius 1 is 1.18 bits per heavy atom. The Bertz CT molecular complexity index is 696. The SMILES string of the molecule is O=CCOc1cccc(C(=O)N2CCCc3ccccc32)c1. The van der Waals surface area contributed by atoms with Gasteiger partial charge in [0.25, 0.3) is 5.91 Å². The second kappa shape index (κ2) is 6.43. The molecule has 2 aromatic rings. The first-order valence-corrected chi connectivity index (χ1v) is 7.36. The van der Waals surface area contributed by atoms with Gasteiger partial charge in [-0.25, -0.2) is 0 Å². The summed E-state index contributed by atoms with van der Waals surface area (Å²) in [5.41, 5.74) is 2.76. The summed E-state index contributed by atoms with van der Waals surface area (Å²) in [7, 11) is 0. The minimum atomic E-state index is -0.0382. The fourth-order valence-corrected chi connectivity index (χ4v) is 2.75. The van der Waals surface area contributed by atoms with Gasteiger partial charge in [0.05, 0.1) is 0 Å². The van der Waals surface area contributed by atoms with Crippen LogP contribution in [0.4, 0.5) is 5.69 Å². The van der Waals surface area contributed by atoms with Gasteiger partial charge < -0.3 is 9.64 Å². The summed E-state index contributed by atoms with van der Waals surface area (Å²) in [5.74, 6) is 0.493. The van der Waals surface area contributed by atoms with Gasteiger partial charge in [0.15, 0.2) is 6.29 Å². The quantitative estimate of drug-likeness (QED) is 0.815. The molecule has 0 fully saturated rings. The number of benzene rings is 2. The van der Waals surface area contributed by atoms with E-state index in [4.69, 9.17) is 4.74 Å². The van der Waals surface area contributed by atoms with Gasteiger partial charge in [0.2, 0.25) is 0 Å². The van der Waals surface area contributed by atoms with Crippen LogP contribution in [-0.2, 0) is 11.2 Å². The molecule has 0 radical (unpaired) electrons. The normalized spacial score (nSPS) is 13.4. The van der Waals surface area contributed by atoms with E-state index >= 15 is 0 Å². The predicted octanol–water partition coefficient (Wildman–Crippen LogP) is 2.86. The van der Waals surface area contributed by atoms with Crippen molar-refractivity contribution < 1.29 is 14.3 Å². The van der Waals surface area contributed by atoms with Crippen molar-refractivity contribution in [3.05, 3.63) is 59.7 Å². The number of ether oxygens (including phenoxy) is 1. The van der Waals surface area contributed by atoms with E-state index in [0.29, 0.717) is 17.6 Å². The minimum absolute atomic E-state index is 0.00973. The Balaban J connectivity index is 1.87. The van der Waals surface area contributed by atoms with Crippen molar-refractivity contribution in [2.75, 3.05) is 18.1 Å². The fourth-order valence-electron chi connectivity index (χ4n) is 2.75. The van der Waals surface area contributed by atoms with Crippen molar-refractivity contribution in [2.45, 2.75) is 12.8 Å². The van der Waals surface area contributed by atoms with Crippen LogP contribution in [0.1, 0.15) is 22.3 Å². The van der Waals surface area contributed by atoms with Crippen molar-refractivity contribution in [3.63, 3.8) is 0 Å². The van der Waals surface area contributed by atoms with Crippen LogP contribution >= 0.6 is 0 Å². The highest BCUT2D eigenvalue weighted by atomic mass is 16.5. The monoisotopic (exact) mass is 295 g/mol. The summed E-state index contributed by atoms with van der Waals surface area (Å²) in [6.07, 6.45) is 2.65. The second-order valence-corrected chi connectivity index (χ2v) is 5.19. The first-order valence-electron chi connectivity index (χ1n) is 7.36. The van der Waals surface area contributed by atoms with Crippen LogP contribution in [0.5, 0.6) is 5.75 Å². The molecule has 1 aliphatic rings. The Kier molecular flexibility index (Phi) is 4.19. The molecule has 3 rings (SSSR count).